The van der Waals surface area contributed by atoms with E-state index >= 15 is 0 Å². The monoisotopic (exact) mass is 1170 g/mol. The quantitative estimate of drug-likeness (QED) is 0.145. The van der Waals surface area contributed by atoms with Crippen LogP contribution in [0.3, 0.4) is 0 Å². The fourth-order valence-corrected chi connectivity index (χ4v) is 13.1. The maximum absolute atomic E-state index is 10.3. The second kappa shape index (κ2) is 20.6. The predicted octanol–water partition coefficient (Wildman–Crippen LogP) is 16.2. The van der Waals surface area contributed by atoms with Gasteiger partial charge in [0.1, 0.15) is 0 Å². The number of nitrogens with zero attached hydrogens (tertiary/aromatic N) is 15. The van der Waals surface area contributed by atoms with Crippen LogP contribution in [0.1, 0.15) is 44.5 Å². The van der Waals surface area contributed by atoms with E-state index < -0.39 is 0 Å². The molecule has 0 aliphatic heterocycles. The highest BCUT2D eigenvalue weighted by atomic mass is 15.1. The topological polar surface area (TPSA) is 249 Å². The summed E-state index contributed by atoms with van der Waals surface area (Å²) >= 11 is 0. The van der Waals surface area contributed by atoms with Gasteiger partial charge in [0.15, 0.2) is 17.5 Å². The summed E-state index contributed by atoms with van der Waals surface area (Å²) in [5.74, 6) is 0.916. The van der Waals surface area contributed by atoms with Crippen molar-refractivity contribution in [3.8, 4) is 105 Å². The lowest BCUT2D eigenvalue weighted by Crippen LogP contribution is -2.07. The second-order valence-corrected chi connectivity index (χ2v) is 22.2. The summed E-state index contributed by atoms with van der Waals surface area (Å²) in [6, 6.07) is 84.1. The van der Waals surface area contributed by atoms with Crippen LogP contribution in [-0.2, 0) is 0 Å². The van der Waals surface area contributed by atoms with Gasteiger partial charge in [-0.3, -0.25) is 0 Å². The molecule has 0 radical (unpaired) electrons. The van der Waals surface area contributed by atoms with Crippen LogP contribution in [-0.4, -0.2) is 33.2 Å². The Balaban J connectivity index is 1.02. The first-order chi connectivity index (χ1) is 45.2. The molecule has 5 aromatic heterocycles. The van der Waals surface area contributed by atoms with Gasteiger partial charge in [0.2, 0.25) is 0 Å². The highest BCUT2D eigenvalue weighted by Crippen LogP contribution is 2.44. The van der Waals surface area contributed by atoms with Gasteiger partial charge in [0, 0.05) is 71.2 Å². The van der Waals surface area contributed by atoms with E-state index in [9.17, 15) is 42.1 Å². The molecule has 0 saturated heterocycles. The highest BCUT2D eigenvalue weighted by Gasteiger charge is 2.26. The van der Waals surface area contributed by atoms with E-state index in [-0.39, 0.29) is 11.6 Å². The van der Waals surface area contributed by atoms with E-state index in [4.69, 9.17) is 15.0 Å². The number of aromatic nitrogens is 7. The molecule has 15 nitrogen and oxygen atoms in total. The third-order valence-electron chi connectivity index (χ3n) is 17.2. The number of fused-ring (bicyclic) bond motifs is 12. The molecule has 0 aliphatic carbocycles. The van der Waals surface area contributed by atoms with Crippen molar-refractivity contribution in [2.45, 2.75) is 0 Å². The maximum Gasteiger partial charge on any atom is 0.166 e. The smallest absolute Gasteiger partial charge is 0.166 e. The molecule has 92 heavy (non-hydrogen) atoms. The summed E-state index contributed by atoms with van der Waals surface area (Å²) < 4.78 is 8.40. The van der Waals surface area contributed by atoms with Crippen molar-refractivity contribution in [2.75, 3.05) is 0 Å². The molecule has 0 atom stereocenters. The minimum Gasteiger partial charge on any atom is -0.309 e. The third kappa shape index (κ3) is 8.11. The van der Waals surface area contributed by atoms with Crippen LogP contribution < -0.4 is 0 Å². The number of hydrogen-bond donors (Lipinski definition) is 0. The first-order valence-corrected chi connectivity index (χ1v) is 28.9. The Morgan fingerprint density at radius 1 is 0.228 bits per heavy atom. The highest BCUT2D eigenvalue weighted by molar-refractivity contribution is 6.14. The molecular weight excluding hydrogens is 1130 g/mol. The molecule has 15 heteroatoms. The predicted molar refractivity (Wildman–Crippen MR) is 351 cm³/mol. The van der Waals surface area contributed by atoms with E-state index in [1.807, 2.05) is 152 Å². The minimum atomic E-state index is 0.283. The number of hydrogen-bond acceptors (Lipinski definition) is 11. The zero-order chi connectivity index (χ0) is 62.5. The number of benzene rings is 11. The first kappa shape index (κ1) is 53.1. The molecule has 0 fully saturated rings. The lowest BCUT2D eigenvalue weighted by atomic mass is 10.1. The summed E-state index contributed by atoms with van der Waals surface area (Å²) in [7, 11) is 0. The molecule has 0 N–H and O–H groups in total. The Labute approximate surface area is 522 Å². The Morgan fingerprint density at radius 2 is 0.467 bits per heavy atom. The maximum atomic E-state index is 10.3. The fraction of sp³-hybridized carbons (Fsp3) is 0. The zero-order valence-electron chi connectivity index (χ0n) is 47.9. The van der Waals surface area contributed by atoms with Crippen molar-refractivity contribution in [1.29, 1.82) is 42.1 Å². The number of rotatable bonds is 7. The van der Waals surface area contributed by atoms with Crippen LogP contribution in [0.2, 0.25) is 0 Å². The standard InChI is InChI=1S/C77H35N15/c78-36-44-6-18-65-57(26-44)58-27-45(37-79)7-19-66(58)89(65)53-14-16-55(73(34-53)91-69-22-10-48(40-82)30-61(69)62-31-49(41-83)11-23-70(62)91)76-86-75(52-4-2-1-3-5-52)87-77(88-76)56-17-15-54(90-67-20-8-46(38-80)28-59(67)60-29-47(39-81)9-21-68(60)90)35-74(56)92-71-24-12-50(42-84)32-63(71)64-33-51(43-85)13-25-72(64)92/h1-35H. The summed E-state index contributed by atoms with van der Waals surface area (Å²) in [6.45, 7) is 0. The molecule has 11 aromatic carbocycles. The van der Waals surface area contributed by atoms with Crippen molar-refractivity contribution in [1.82, 2.24) is 33.2 Å². The Kier molecular flexibility index (Phi) is 11.9. The van der Waals surface area contributed by atoms with Gasteiger partial charge in [0.25, 0.3) is 0 Å². The normalized spacial score (nSPS) is 11.2. The molecule has 0 unspecified atom stereocenters. The molecule has 0 amide bonds. The molecule has 5 heterocycles. The molecular formula is C77H35N15. The van der Waals surface area contributed by atoms with Crippen molar-refractivity contribution in [2.24, 2.45) is 0 Å². The van der Waals surface area contributed by atoms with Gasteiger partial charge in [-0.1, -0.05) is 30.3 Å². The minimum absolute atomic E-state index is 0.283. The van der Waals surface area contributed by atoms with Gasteiger partial charge in [-0.2, -0.15) is 42.1 Å². The Hall–Kier alpha value is -14.5. The van der Waals surface area contributed by atoms with Crippen LogP contribution in [0, 0.1) is 90.6 Å². The van der Waals surface area contributed by atoms with E-state index in [1.165, 1.54) is 0 Å². The van der Waals surface area contributed by atoms with Crippen molar-refractivity contribution < 1.29 is 0 Å². The van der Waals surface area contributed by atoms with E-state index in [1.54, 1.807) is 48.5 Å². The summed E-state index contributed by atoms with van der Waals surface area (Å²) in [5, 5.41) is 87.8. The third-order valence-corrected chi connectivity index (χ3v) is 17.2. The lowest BCUT2D eigenvalue weighted by molar-refractivity contribution is 1.05. The van der Waals surface area contributed by atoms with Gasteiger partial charge in [0.05, 0.1) is 149 Å². The largest absolute Gasteiger partial charge is 0.309 e. The lowest BCUT2D eigenvalue weighted by Gasteiger charge is -2.19. The Morgan fingerprint density at radius 3 is 0.717 bits per heavy atom. The van der Waals surface area contributed by atoms with Crippen LogP contribution >= 0.6 is 0 Å². The van der Waals surface area contributed by atoms with Crippen molar-refractivity contribution in [3.63, 3.8) is 0 Å². The van der Waals surface area contributed by atoms with Crippen LogP contribution in [0.5, 0.6) is 0 Å². The van der Waals surface area contributed by atoms with E-state index in [2.05, 4.69) is 79.0 Å². The van der Waals surface area contributed by atoms with Crippen LogP contribution in [0.15, 0.2) is 212 Å². The summed E-state index contributed by atoms with van der Waals surface area (Å²) in [4.78, 5) is 16.4. The molecule has 418 valence electrons. The molecule has 0 saturated carbocycles. The summed E-state index contributed by atoms with van der Waals surface area (Å²) in [6.07, 6.45) is 0. The average Bonchev–Trinajstić information content (AvgIpc) is 1.56. The van der Waals surface area contributed by atoms with Gasteiger partial charge in [-0.25, -0.2) is 15.0 Å². The van der Waals surface area contributed by atoms with Gasteiger partial charge >= 0.3 is 0 Å². The van der Waals surface area contributed by atoms with E-state index in [0.29, 0.717) is 89.8 Å². The van der Waals surface area contributed by atoms with Gasteiger partial charge in [-0.05, 0) is 182 Å². The van der Waals surface area contributed by atoms with Crippen LogP contribution in [0.25, 0.3) is 144 Å². The molecule has 0 spiro atoms. The van der Waals surface area contributed by atoms with E-state index in [0.717, 1.165) is 87.2 Å². The van der Waals surface area contributed by atoms with Crippen molar-refractivity contribution in [3.05, 3.63) is 257 Å². The fourth-order valence-electron chi connectivity index (χ4n) is 13.1. The molecule has 0 aliphatic rings. The van der Waals surface area contributed by atoms with Gasteiger partial charge in [-0.15, -0.1) is 0 Å². The second-order valence-electron chi connectivity index (χ2n) is 22.2. The SMILES string of the molecule is N#Cc1ccc2c(c1)c1cc(C#N)ccc1n2-c1ccc(-c2nc(-c3ccccc3)nc(-c3ccc(-n4c5ccc(C#N)cc5c5cc(C#N)ccc54)cc3-n3c4ccc(C#N)cc4c4cc(C#N)ccc43)n2)c(-n2c3ccc(C#N)cc3c3cc(C#N)ccc32)c1. The first-order valence-electron chi connectivity index (χ1n) is 28.9. The number of nitriles is 8. The average molecular weight is 1170 g/mol. The Bertz CT molecular complexity index is 5720. The van der Waals surface area contributed by atoms with Crippen LogP contribution in [0.4, 0.5) is 0 Å². The molecule has 16 aromatic rings. The van der Waals surface area contributed by atoms with Gasteiger partial charge < -0.3 is 18.3 Å². The zero-order valence-corrected chi connectivity index (χ0v) is 47.9. The van der Waals surface area contributed by atoms with Crippen molar-refractivity contribution >= 4 is 87.2 Å². The molecule has 0 bridgehead atoms. The summed E-state index contributed by atoms with van der Waals surface area (Å²) in [5.41, 5.74) is 14.1. The molecule has 16 rings (SSSR count).